The summed E-state index contributed by atoms with van der Waals surface area (Å²) in [6.45, 7) is 1.95. The van der Waals surface area contributed by atoms with E-state index in [1.165, 1.54) is 12.1 Å². The number of rotatable bonds is 1. The smallest absolute Gasteiger partial charge is 0.293 e. The first-order valence-corrected chi connectivity index (χ1v) is 9.15. The van der Waals surface area contributed by atoms with E-state index in [1.807, 2.05) is 19.1 Å². The second-order valence-corrected chi connectivity index (χ2v) is 6.09. The molecule has 0 aromatic carbocycles. The molecule has 0 saturated carbocycles. The average molecular weight is 354 g/mol. The molecule has 1 atom stereocenters. The minimum Gasteiger partial charge on any atom is -0.430 e. The quantitative estimate of drug-likeness (QED) is 0.603. The molecule has 0 unspecified atom stereocenters. The van der Waals surface area contributed by atoms with Gasteiger partial charge in [0.1, 0.15) is 11.5 Å². The summed E-state index contributed by atoms with van der Waals surface area (Å²) in [4.78, 5) is 11.9. The van der Waals surface area contributed by atoms with Crippen molar-refractivity contribution in [1.82, 2.24) is 0 Å². The van der Waals surface area contributed by atoms with Gasteiger partial charge in [-0.3, -0.25) is 4.79 Å². The van der Waals surface area contributed by atoms with Crippen LogP contribution in [0.3, 0.4) is 0 Å². The Balaban J connectivity index is 2.19. The van der Waals surface area contributed by atoms with E-state index in [1.54, 1.807) is 18.2 Å². The summed E-state index contributed by atoms with van der Waals surface area (Å²) < 4.78 is 11.4. The fourth-order valence-electron chi connectivity index (χ4n) is 2.45. The molecule has 138 valence electrons. The molecule has 1 aliphatic rings. The second-order valence-electron chi connectivity index (χ2n) is 6.09. The van der Waals surface area contributed by atoms with Crippen molar-refractivity contribution in [2.75, 3.05) is 0 Å². The molecular formula is C22H26O4. The molecule has 1 aromatic heterocycles. The van der Waals surface area contributed by atoms with Crippen LogP contribution in [0.25, 0.3) is 0 Å². The zero-order valence-electron chi connectivity index (χ0n) is 15.2. The molecule has 0 aliphatic carbocycles. The van der Waals surface area contributed by atoms with Crippen LogP contribution in [-0.4, -0.2) is 11.2 Å². The number of aliphatic hydroxyl groups is 1. The van der Waals surface area contributed by atoms with Gasteiger partial charge in [-0.1, -0.05) is 37.1 Å². The normalized spacial score (nSPS) is 19.2. The highest BCUT2D eigenvalue weighted by Gasteiger charge is 2.06. The van der Waals surface area contributed by atoms with Gasteiger partial charge in [0, 0.05) is 31.7 Å². The lowest BCUT2D eigenvalue weighted by molar-refractivity contribution is 0.227. The summed E-state index contributed by atoms with van der Waals surface area (Å²) in [5.74, 6) is 7.74. The largest absolute Gasteiger partial charge is 0.430 e. The molecule has 1 aromatic rings. The first-order chi connectivity index (χ1) is 12.7. The molecule has 2 heterocycles. The maximum absolute atomic E-state index is 11.9. The molecule has 1 aliphatic heterocycles. The average Bonchev–Trinajstić information content (AvgIpc) is 2.61. The van der Waals surface area contributed by atoms with E-state index in [9.17, 15) is 9.90 Å². The van der Waals surface area contributed by atoms with E-state index >= 15 is 0 Å². The van der Waals surface area contributed by atoms with Gasteiger partial charge in [-0.15, -0.1) is 5.92 Å². The Kier molecular flexibility index (Phi) is 8.51. The zero-order chi connectivity index (χ0) is 18.6. The summed E-state index contributed by atoms with van der Waals surface area (Å²) >= 11 is 0. The van der Waals surface area contributed by atoms with Gasteiger partial charge in [-0.2, -0.15) is 0 Å². The number of aliphatic hydroxyl groups excluding tert-OH is 1. The number of hydrogen-bond acceptors (Lipinski definition) is 4. The highest BCUT2D eigenvalue weighted by atomic mass is 16.6. The van der Waals surface area contributed by atoms with Crippen molar-refractivity contribution in [1.29, 1.82) is 0 Å². The van der Waals surface area contributed by atoms with E-state index in [-0.39, 0.29) is 11.4 Å². The lowest BCUT2D eigenvalue weighted by atomic mass is 10.1. The van der Waals surface area contributed by atoms with Crippen LogP contribution in [-0.2, 0) is 6.42 Å². The van der Waals surface area contributed by atoms with E-state index in [0.717, 1.165) is 19.3 Å². The summed E-state index contributed by atoms with van der Waals surface area (Å²) in [7, 11) is 0. The van der Waals surface area contributed by atoms with Gasteiger partial charge in [-0.25, -0.2) is 0 Å². The van der Waals surface area contributed by atoms with Crippen molar-refractivity contribution < 1.29 is 14.3 Å². The molecule has 2 rings (SSSR count). The van der Waals surface area contributed by atoms with Crippen molar-refractivity contribution in [3.05, 3.63) is 64.3 Å². The molecule has 4 nitrogen and oxygen atoms in total. The third-order valence-electron chi connectivity index (χ3n) is 3.85. The van der Waals surface area contributed by atoms with Crippen LogP contribution in [0.2, 0.25) is 0 Å². The van der Waals surface area contributed by atoms with Gasteiger partial charge in [0.2, 0.25) is 0 Å². The Labute approximate surface area is 154 Å². The molecule has 0 fully saturated rings. The first-order valence-electron chi connectivity index (χ1n) is 9.15. The van der Waals surface area contributed by atoms with Crippen molar-refractivity contribution in [3.8, 4) is 17.8 Å². The molecule has 0 spiro atoms. The third kappa shape index (κ3) is 7.58. The Hall–Kier alpha value is -2.51. The van der Waals surface area contributed by atoms with Crippen LogP contribution in [0.1, 0.15) is 51.2 Å². The summed E-state index contributed by atoms with van der Waals surface area (Å²) in [6, 6.07) is 2.86. The summed E-state index contributed by atoms with van der Waals surface area (Å²) in [5.41, 5.74) is -0.126. The molecule has 26 heavy (non-hydrogen) atoms. The third-order valence-corrected chi connectivity index (χ3v) is 3.85. The minimum absolute atomic E-state index is 0.126. The molecule has 0 amide bonds. The van der Waals surface area contributed by atoms with E-state index in [4.69, 9.17) is 9.15 Å². The first kappa shape index (κ1) is 19.8. The highest BCUT2D eigenvalue weighted by molar-refractivity contribution is 5.17. The van der Waals surface area contributed by atoms with Crippen molar-refractivity contribution in [3.63, 3.8) is 0 Å². The van der Waals surface area contributed by atoms with E-state index < -0.39 is 6.10 Å². The number of hydrogen-bond donors (Lipinski definition) is 1. The fraction of sp³-hybridized carbons (Fsp3) is 0.409. The number of aryl methyl sites for hydroxylation is 1. The van der Waals surface area contributed by atoms with Crippen molar-refractivity contribution in [2.24, 2.45) is 0 Å². The molecule has 2 bridgehead atoms. The lowest BCUT2D eigenvalue weighted by Gasteiger charge is -2.08. The Morgan fingerprint density at radius 3 is 2.96 bits per heavy atom. The molecule has 1 N–H and O–H groups in total. The van der Waals surface area contributed by atoms with Crippen LogP contribution in [0, 0.1) is 11.8 Å². The molecular weight excluding hydrogens is 328 g/mol. The summed E-state index contributed by atoms with van der Waals surface area (Å²) in [5, 5.41) is 9.94. The van der Waals surface area contributed by atoms with Crippen LogP contribution < -0.4 is 10.2 Å². The van der Waals surface area contributed by atoms with Gasteiger partial charge in [0.25, 0.3) is 5.95 Å². The van der Waals surface area contributed by atoms with Gasteiger partial charge in [-0.05, 0) is 25.3 Å². The van der Waals surface area contributed by atoms with Crippen LogP contribution in [0.15, 0.2) is 57.5 Å². The molecule has 4 heteroatoms. The fourth-order valence-corrected chi connectivity index (χ4v) is 2.45. The van der Waals surface area contributed by atoms with E-state index in [2.05, 4.69) is 11.8 Å². The zero-order valence-corrected chi connectivity index (χ0v) is 15.2. The van der Waals surface area contributed by atoms with Gasteiger partial charge in [0.05, 0.1) is 12.2 Å². The number of ether oxygens (including phenoxy) is 1. The van der Waals surface area contributed by atoms with E-state index in [0.29, 0.717) is 37.2 Å². The maximum Gasteiger partial charge on any atom is 0.293 e. The minimum atomic E-state index is -0.558. The van der Waals surface area contributed by atoms with Crippen LogP contribution >= 0.6 is 0 Å². The topological polar surface area (TPSA) is 59.7 Å². The van der Waals surface area contributed by atoms with Crippen LogP contribution in [0.5, 0.6) is 5.95 Å². The second kappa shape index (κ2) is 11.2. The molecule has 0 saturated heterocycles. The standard InChI is InChI=1S/C22H26O4/c1-2-20-15-11-13-18(23)12-9-7-5-3-4-6-8-10-14-21-16-19(24)17-22(25-20)26-21/h7,9,11,13,15-18,23H,2,5-6,8,10,12,14H2,1H3/t18-/m1/s1. The molecule has 0 radical (unpaired) electrons. The van der Waals surface area contributed by atoms with Gasteiger partial charge in [0.15, 0.2) is 5.43 Å². The number of allylic oxidation sites excluding steroid dienone is 4. The predicted molar refractivity (Wildman–Crippen MR) is 103 cm³/mol. The van der Waals surface area contributed by atoms with Crippen molar-refractivity contribution in [2.45, 2.75) is 58.0 Å². The summed E-state index contributed by atoms with van der Waals surface area (Å²) in [6.07, 6.45) is 13.9. The number of fused-ring (bicyclic) bond motifs is 2. The maximum atomic E-state index is 11.9. The highest BCUT2D eigenvalue weighted by Crippen LogP contribution is 2.17. The lowest BCUT2D eigenvalue weighted by Crippen LogP contribution is -2.03. The van der Waals surface area contributed by atoms with Gasteiger partial charge >= 0.3 is 0 Å². The SMILES string of the molecule is CCC1=CC=C[C@H](O)CC=CCC#CCCCCc2cc(=O)cc(o2)O1. The Bertz CT molecular complexity index is 771. The Morgan fingerprint density at radius 1 is 1.23 bits per heavy atom. The van der Waals surface area contributed by atoms with Crippen molar-refractivity contribution >= 4 is 0 Å². The monoisotopic (exact) mass is 354 g/mol. The van der Waals surface area contributed by atoms with Gasteiger partial charge < -0.3 is 14.3 Å². The Morgan fingerprint density at radius 2 is 2.12 bits per heavy atom. The van der Waals surface area contributed by atoms with Crippen LogP contribution in [0.4, 0.5) is 0 Å². The predicted octanol–water partition coefficient (Wildman–Crippen LogP) is 4.30.